The lowest BCUT2D eigenvalue weighted by Crippen LogP contribution is -2.13. The third-order valence-corrected chi connectivity index (χ3v) is 4.13. The topological polar surface area (TPSA) is 109 Å². The van der Waals surface area contributed by atoms with Gasteiger partial charge >= 0.3 is 11.9 Å². The number of benzene rings is 1. The Kier molecular flexibility index (Phi) is 5.05. The highest BCUT2D eigenvalue weighted by Gasteiger charge is 2.17. The Morgan fingerprint density at radius 2 is 1.74 bits per heavy atom. The van der Waals surface area contributed by atoms with Gasteiger partial charge in [-0.25, -0.2) is 13.2 Å². The molecule has 1 aromatic rings. The van der Waals surface area contributed by atoms with Crippen molar-refractivity contribution in [2.24, 2.45) is 0 Å². The number of aliphatic carboxylic acids is 1. The van der Waals surface area contributed by atoms with Crippen molar-refractivity contribution in [3.8, 4) is 0 Å². The molecule has 0 aliphatic carbocycles. The average Bonchev–Trinajstić information content (AvgIpc) is 2.27. The highest BCUT2D eigenvalue weighted by molar-refractivity contribution is 7.90. The van der Waals surface area contributed by atoms with E-state index >= 15 is 0 Å². The van der Waals surface area contributed by atoms with E-state index in [0.29, 0.717) is 0 Å². The Hall–Kier alpha value is -1.89. The van der Waals surface area contributed by atoms with Gasteiger partial charge in [-0.2, -0.15) is 0 Å². The molecular weight excluding hydrogens is 272 g/mol. The molecular formula is C12H14O6S. The summed E-state index contributed by atoms with van der Waals surface area (Å²) >= 11 is 0. The first-order valence-corrected chi connectivity index (χ1v) is 7.37. The highest BCUT2D eigenvalue weighted by Crippen LogP contribution is 2.14. The SMILES string of the molecule is O=C(O)CCCS(=O)(=O)Cc1ccccc1C(=O)O. The van der Waals surface area contributed by atoms with Crippen LogP contribution in [0.2, 0.25) is 0 Å². The van der Waals surface area contributed by atoms with Gasteiger partial charge in [0, 0.05) is 6.42 Å². The molecule has 0 unspecified atom stereocenters. The minimum atomic E-state index is -3.51. The van der Waals surface area contributed by atoms with Crippen LogP contribution in [0, 0.1) is 0 Å². The van der Waals surface area contributed by atoms with E-state index in [0.717, 1.165) is 0 Å². The van der Waals surface area contributed by atoms with E-state index in [1.54, 1.807) is 6.07 Å². The lowest BCUT2D eigenvalue weighted by atomic mass is 10.1. The van der Waals surface area contributed by atoms with Crippen molar-refractivity contribution in [1.82, 2.24) is 0 Å². The summed E-state index contributed by atoms with van der Waals surface area (Å²) < 4.78 is 23.5. The zero-order valence-corrected chi connectivity index (χ0v) is 10.9. The van der Waals surface area contributed by atoms with E-state index in [9.17, 15) is 18.0 Å². The monoisotopic (exact) mass is 286 g/mol. The fourth-order valence-electron chi connectivity index (χ4n) is 1.61. The van der Waals surface area contributed by atoms with Crippen molar-refractivity contribution >= 4 is 21.8 Å². The van der Waals surface area contributed by atoms with Crippen LogP contribution in [0.3, 0.4) is 0 Å². The normalized spacial score (nSPS) is 11.2. The summed E-state index contributed by atoms with van der Waals surface area (Å²) in [5.41, 5.74) is 0.162. The lowest BCUT2D eigenvalue weighted by Gasteiger charge is -2.06. The molecule has 0 aromatic heterocycles. The summed E-state index contributed by atoms with van der Waals surface area (Å²) in [6.07, 6.45) is -0.202. The van der Waals surface area contributed by atoms with Crippen LogP contribution in [-0.2, 0) is 20.4 Å². The summed E-state index contributed by atoms with van der Waals surface area (Å²) in [5.74, 6) is -2.90. The summed E-state index contributed by atoms with van der Waals surface area (Å²) in [6.45, 7) is 0. The van der Waals surface area contributed by atoms with Crippen LogP contribution in [0.25, 0.3) is 0 Å². The molecule has 0 atom stereocenters. The van der Waals surface area contributed by atoms with Crippen molar-refractivity contribution in [2.75, 3.05) is 5.75 Å². The largest absolute Gasteiger partial charge is 0.481 e. The molecule has 0 bridgehead atoms. The van der Waals surface area contributed by atoms with E-state index in [1.807, 2.05) is 0 Å². The second kappa shape index (κ2) is 6.33. The Morgan fingerprint density at radius 1 is 1.11 bits per heavy atom. The molecule has 1 aromatic carbocycles. The van der Waals surface area contributed by atoms with Crippen LogP contribution < -0.4 is 0 Å². The van der Waals surface area contributed by atoms with Gasteiger partial charge in [-0.05, 0) is 18.1 Å². The van der Waals surface area contributed by atoms with Gasteiger partial charge in [-0.1, -0.05) is 18.2 Å². The number of carboxylic acids is 2. The van der Waals surface area contributed by atoms with Crippen molar-refractivity contribution in [2.45, 2.75) is 18.6 Å². The second-order valence-electron chi connectivity index (χ2n) is 4.05. The molecule has 0 amide bonds. The number of hydrogen-bond donors (Lipinski definition) is 2. The predicted octanol–water partition coefficient (Wildman–Crippen LogP) is 1.16. The first-order valence-electron chi connectivity index (χ1n) is 5.55. The van der Waals surface area contributed by atoms with E-state index < -0.39 is 27.5 Å². The van der Waals surface area contributed by atoms with Crippen LogP contribution in [0.1, 0.15) is 28.8 Å². The van der Waals surface area contributed by atoms with Gasteiger partial charge in [0.05, 0.1) is 17.1 Å². The van der Waals surface area contributed by atoms with Crippen LogP contribution in [0.4, 0.5) is 0 Å². The van der Waals surface area contributed by atoms with Crippen LogP contribution in [0.5, 0.6) is 0 Å². The molecule has 0 saturated heterocycles. The number of carboxylic acid groups (broad SMARTS) is 2. The molecule has 0 saturated carbocycles. The average molecular weight is 286 g/mol. The molecule has 0 aliphatic heterocycles. The van der Waals surface area contributed by atoms with Crippen molar-refractivity contribution in [3.63, 3.8) is 0 Å². The number of hydrogen-bond acceptors (Lipinski definition) is 4. The fourth-order valence-corrected chi connectivity index (χ4v) is 3.06. The first-order chi connectivity index (χ1) is 8.82. The minimum absolute atomic E-state index is 0.0207. The molecule has 0 heterocycles. The molecule has 0 radical (unpaired) electrons. The van der Waals surface area contributed by atoms with Crippen LogP contribution >= 0.6 is 0 Å². The predicted molar refractivity (Wildman–Crippen MR) is 67.8 cm³/mol. The summed E-state index contributed by atoms with van der Waals surface area (Å²) in [4.78, 5) is 21.3. The van der Waals surface area contributed by atoms with Crippen LogP contribution in [-0.4, -0.2) is 36.3 Å². The zero-order valence-electron chi connectivity index (χ0n) is 10.1. The van der Waals surface area contributed by atoms with Gasteiger partial charge in [-0.15, -0.1) is 0 Å². The molecule has 0 aliphatic rings. The van der Waals surface area contributed by atoms with Gasteiger partial charge in [0.1, 0.15) is 0 Å². The van der Waals surface area contributed by atoms with E-state index in [1.165, 1.54) is 18.2 Å². The summed E-state index contributed by atoms with van der Waals surface area (Å²) in [7, 11) is -3.51. The Labute approximate surface area is 110 Å². The number of rotatable bonds is 7. The van der Waals surface area contributed by atoms with Gasteiger partial charge in [-0.3, -0.25) is 4.79 Å². The van der Waals surface area contributed by atoms with Gasteiger partial charge in [0.2, 0.25) is 0 Å². The maximum atomic E-state index is 11.8. The molecule has 104 valence electrons. The van der Waals surface area contributed by atoms with Gasteiger partial charge < -0.3 is 10.2 Å². The molecule has 6 nitrogen and oxygen atoms in total. The van der Waals surface area contributed by atoms with Crippen LogP contribution in [0.15, 0.2) is 24.3 Å². The number of aromatic carboxylic acids is 1. The standard InChI is InChI=1S/C12H14O6S/c13-11(14)6-3-7-19(17,18)8-9-4-1-2-5-10(9)12(15)16/h1-2,4-5H,3,6-8H2,(H,13,14)(H,15,16). The lowest BCUT2D eigenvalue weighted by molar-refractivity contribution is -0.137. The third-order valence-electron chi connectivity index (χ3n) is 2.47. The Balaban J connectivity index is 2.78. The van der Waals surface area contributed by atoms with E-state index in [-0.39, 0.29) is 29.7 Å². The number of carbonyl (C=O) groups is 2. The van der Waals surface area contributed by atoms with E-state index in [4.69, 9.17) is 10.2 Å². The second-order valence-corrected chi connectivity index (χ2v) is 6.24. The quantitative estimate of drug-likeness (QED) is 0.778. The maximum absolute atomic E-state index is 11.8. The number of sulfone groups is 1. The molecule has 7 heteroatoms. The van der Waals surface area contributed by atoms with Crippen molar-refractivity contribution < 1.29 is 28.2 Å². The third kappa shape index (κ3) is 5.09. The Morgan fingerprint density at radius 3 is 2.32 bits per heavy atom. The molecule has 2 N–H and O–H groups in total. The summed E-state index contributed by atoms with van der Waals surface area (Å²) in [6, 6.07) is 5.86. The van der Waals surface area contributed by atoms with Gasteiger partial charge in [0.25, 0.3) is 0 Å². The molecule has 0 fully saturated rings. The molecule has 19 heavy (non-hydrogen) atoms. The van der Waals surface area contributed by atoms with Crippen molar-refractivity contribution in [1.29, 1.82) is 0 Å². The van der Waals surface area contributed by atoms with Gasteiger partial charge in [0.15, 0.2) is 9.84 Å². The zero-order chi connectivity index (χ0) is 14.5. The minimum Gasteiger partial charge on any atom is -0.481 e. The molecule has 0 spiro atoms. The summed E-state index contributed by atoms with van der Waals surface area (Å²) in [5, 5.41) is 17.4. The highest BCUT2D eigenvalue weighted by atomic mass is 32.2. The van der Waals surface area contributed by atoms with Crippen molar-refractivity contribution in [3.05, 3.63) is 35.4 Å². The Bertz CT molecular complexity index is 576. The molecule has 1 rings (SSSR count). The fraction of sp³-hybridized carbons (Fsp3) is 0.333. The van der Waals surface area contributed by atoms with E-state index in [2.05, 4.69) is 0 Å². The maximum Gasteiger partial charge on any atom is 0.335 e. The smallest absolute Gasteiger partial charge is 0.335 e. The first kappa shape index (κ1) is 15.2.